The highest BCUT2D eigenvalue weighted by atomic mass is 35.5. The van der Waals surface area contributed by atoms with Crippen molar-refractivity contribution in [1.82, 2.24) is 9.78 Å². The number of carbonyl (C=O) groups excluding carboxylic acids is 1. The van der Waals surface area contributed by atoms with E-state index in [0.29, 0.717) is 36.1 Å². The Hall–Kier alpha value is -3.84. The second-order valence-corrected chi connectivity index (χ2v) is 7.91. The van der Waals surface area contributed by atoms with Crippen molar-refractivity contribution in [1.29, 1.82) is 0 Å². The van der Waals surface area contributed by atoms with Gasteiger partial charge >= 0.3 is 0 Å². The van der Waals surface area contributed by atoms with Gasteiger partial charge in [-0.15, -0.1) is 0 Å². The van der Waals surface area contributed by atoms with Crippen LogP contribution in [0.2, 0.25) is 5.02 Å². The first-order valence-corrected chi connectivity index (χ1v) is 11.1. The summed E-state index contributed by atoms with van der Waals surface area (Å²) in [5.74, 6) is 1.05. The lowest BCUT2D eigenvalue weighted by molar-refractivity contribution is 0.102. The van der Waals surface area contributed by atoms with Gasteiger partial charge in [-0.1, -0.05) is 35.9 Å². The first-order valence-electron chi connectivity index (χ1n) is 10.7. The number of hydrogen-bond donors (Lipinski definition) is 1. The number of nitrogens with zero attached hydrogens (tertiary/aromatic N) is 2. The minimum absolute atomic E-state index is 0.235. The van der Waals surface area contributed by atoms with Crippen LogP contribution in [0.5, 0.6) is 11.5 Å². The zero-order valence-corrected chi connectivity index (χ0v) is 19.3. The van der Waals surface area contributed by atoms with E-state index in [1.165, 1.54) is 12.1 Å². The molecule has 0 fully saturated rings. The topological polar surface area (TPSA) is 65.4 Å². The summed E-state index contributed by atoms with van der Waals surface area (Å²) in [6.45, 7) is 3.16. The molecule has 3 aromatic carbocycles. The van der Waals surface area contributed by atoms with E-state index in [9.17, 15) is 9.18 Å². The van der Waals surface area contributed by atoms with Gasteiger partial charge < -0.3 is 14.8 Å². The number of nitrogens with one attached hydrogen (secondary N) is 1. The fraction of sp³-hybridized carbons (Fsp3) is 0.154. The van der Waals surface area contributed by atoms with Crippen molar-refractivity contribution in [2.75, 3.05) is 11.9 Å². The molecule has 0 saturated carbocycles. The summed E-state index contributed by atoms with van der Waals surface area (Å²) in [5, 5.41) is 7.34. The maximum Gasteiger partial charge on any atom is 0.256 e. The maximum absolute atomic E-state index is 13.4. The van der Waals surface area contributed by atoms with Crippen molar-refractivity contribution in [3.8, 4) is 11.5 Å². The van der Waals surface area contributed by atoms with Gasteiger partial charge in [0.15, 0.2) is 5.82 Å². The smallest absolute Gasteiger partial charge is 0.256 e. The molecule has 0 aliphatic rings. The lowest BCUT2D eigenvalue weighted by atomic mass is 10.1. The molecule has 8 heteroatoms. The fourth-order valence-corrected chi connectivity index (χ4v) is 3.53. The van der Waals surface area contributed by atoms with Crippen LogP contribution in [0.3, 0.4) is 0 Å². The Kier molecular flexibility index (Phi) is 7.44. The third-order valence-electron chi connectivity index (χ3n) is 4.91. The second-order valence-electron chi connectivity index (χ2n) is 7.50. The summed E-state index contributed by atoms with van der Waals surface area (Å²) >= 11 is 6.25. The molecule has 1 aromatic heterocycles. The zero-order valence-electron chi connectivity index (χ0n) is 18.5. The summed E-state index contributed by atoms with van der Waals surface area (Å²) in [6, 6.07) is 20.7. The van der Waals surface area contributed by atoms with Crippen LogP contribution in [0, 0.1) is 5.82 Å². The number of amides is 1. The fourth-order valence-electron chi connectivity index (χ4n) is 3.33. The van der Waals surface area contributed by atoms with E-state index >= 15 is 0 Å². The van der Waals surface area contributed by atoms with Crippen LogP contribution in [0.25, 0.3) is 0 Å². The predicted molar refractivity (Wildman–Crippen MR) is 129 cm³/mol. The van der Waals surface area contributed by atoms with Crippen LogP contribution in [0.15, 0.2) is 79.0 Å². The molecule has 4 rings (SSSR count). The molecule has 0 bridgehead atoms. The van der Waals surface area contributed by atoms with E-state index in [1.807, 2.05) is 37.3 Å². The lowest BCUT2D eigenvalue weighted by Crippen LogP contribution is -2.13. The Morgan fingerprint density at radius 2 is 1.71 bits per heavy atom. The number of ether oxygens (including phenoxy) is 2. The Morgan fingerprint density at radius 3 is 2.44 bits per heavy atom. The van der Waals surface area contributed by atoms with Crippen molar-refractivity contribution < 1.29 is 18.7 Å². The molecule has 4 aromatic rings. The minimum atomic E-state index is -0.346. The first kappa shape index (κ1) is 23.3. The molecule has 0 radical (unpaired) electrons. The Balaban J connectivity index is 1.38. The molecule has 0 saturated heterocycles. The van der Waals surface area contributed by atoms with Crippen LogP contribution < -0.4 is 14.8 Å². The normalized spacial score (nSPS) is 10.7. The van der Waals surface area contributed by atoms with Gasteiger partial charge in [0.1, 0.15) is 28.9 Å². The summed E-state index contributed by atoms with van der Waals surface area (Å²) in [7, 11) is 0. The highest BCUT2D eigenvalue weighted by Crippen LogP contribution is 2.22. The third-order valence-corrected chi connectivity index (χ3v) is 5.19. The summed E-state index contributed by atoms with van der Waals surface area (Å²) < 4.78 is 26.2. The average molecular weight is 480 g/mol. The van der Waals surface area contributed by atoms with E-state index in [0.717, 1.165) is 16.9 Å². The van der Waals surface area contributed by atoms with Gasteiger partial charge in [0.25, 0.3) is 5.91 Å². The molecule has 0 spiro atoms. The molecule has 6 nitrogen and oxygen atoms in total. The zero-order chi connectivity index (χ0) is 23.9. The van der Waals surface area contributed by atoms with Gasteiger partial charge in [-0.3, -0.25) is 9.48 Å². The Bertz CT molecular complexity index is 1270. The van der Waals surface area contributed by atoms with Crippen LogP contribution in [0.4, 0.5) is 10.2 Å². The molecule has 1 N–H and O–H groups in total. The van der Waals surface area contributed by atoms with E-state index in [1.54, 1.807) is 41.2 Å². The molecule has 34 heavy (non-hydrogen) atoms. The molecule has 0 aliphatic heterocycles. The Morgan fingerprint density at radius 1 is 1.00 bits per heavy atom. The van der Waals surface area contributed by atoms with Crippen LogP contribution in [0.1, 0.15) is 28.4 Å². The highest BCUT2D eigenvalue weighted by Gasteiger charge is 2.13. The molecule has 0 unspecified atom stereocenters. The monoisotopic (exact) mass is 479 g/mol. The number of carbonyl (C=O) groups is 1. The van der Waals surface area contributed by atoms with E-state index in [4.69, 9.17) is 21.1 Å². The van der Waals surface area contributed by atoms with Crippen LogP contribution in [-0.2, 0) is 13.2 Å². The molecule has 174 valence electrons. The van der Waals surface area contributed by atoms with E-state index < -0.39 is 0 Å². The molecule has 1 heterocycles. The maximum atomic E-state index is 13.4. The van der Waals surface area contributed by atoms with Crippen molar-refractivity contribution in [2.24, 2.45) is 0 Å². The van der Waals surface area contributed by atoms with Crippen molar-refractivity contribution in [2.45, 2.75) is 20.1 Å². The molecule has 0 aliphatic carbocycles. The first-order chi connectivity index (χ1) is 16.5. The van der Waals surface area contributed by atoms with Gasteiger partial charge in [-0.2, -0.15) is 5.10 Å². The third kappa shape index (κ3) is 6.14. The standard InChI is InChI=1S/C26H23ClFN3O3/c1-2-33-22-9-11-23(12-10-22)34-17-19-6-3-7-20(13-19)26(32)29-25-24(27)16-31(30-25)15-18-5-4-8-21(28)14-18/h3-14,16H,2,15,17H2,1H3,(H,29,30,32). The number of halogens is 2. The molecular formula is C26H23ClFN3O3. The number of anilines is 1. The van der Waals surface area contributed by atoms with Gasteiger partial charge in [-0.25, -0.2) is 4.39 Å². The Labute approximate surface area is 201 Å². The van der Waals surface area contributed by atoms with Crippen molar-refractivity contribution in [3.63, 3.8) is 0 Å². The summed E-state index contributed by atoms with van der Waals surface area (Å²) in [4.78, 5) is 12.8. The van der Waals surface area contributed by atoms with Gasteiger partial charge in [0.2, 0.25) is 0 Å². The van der Waals surface area contributed by atoms with Gasteiger partial charge in [0, 0.05) is 11.8 Å². The molecular weight excluding hydrogens is 457 g/mol. The van der Waals surface area contributed by atoms with Crippen LogP contribution in [-0.4, -0.2) is 22.3 Å². The summed E-state index contributed by atoms with van der Waals surface area (Å²) in [5.41, 5.74) is 2.02. The van der Waals surface area contributed by atoms with Crippen molar-refractivity contribution in [3.05, 3.63) is 107 Å². The van der Waals surface area contributed by atoms with Gasteiger partial charge in [-0.05, 0) is 66.6 Å². The van der Waals surface area contributed by atoms with E-state index in [2.05, 4.69) is 10.4 Å². The number of hydrogen-bond acceptors (Lipinski definition) is 4. The SMILES string of the molecule is CCOc1ccc(OCc2cccc(C(=O)Nc3nn(Cc4cccc(F)c4)cc3Cl)c2)cc1. The quantitative estimate of drug-likeness (QED) is 0.322. The second kappa shape index (κ2) is 10.9. The molecule has 1 amide bonds. The highest BCUT2D eigenvalue weighted by molar-refractivity contribution is 6.33. The lowest BCUT2D eigenvalue weighted by Gasteiger charge is -2.09. The largest absolute Gasteiger partial charge is 0.494 e. The van der Waals surface area contributed by atoms with Crippen molar-refractivity contribution >= 4 is 23.3 Å². The van der Waals surface area contributed by atoms with Gasteiger partial charge in [0.05, 0.1) is 13.2 Å². The number of aromatic nitrogens is 2. The minimum Gasteiger partial charge on any atom is -0.494 e. The predicted octanol–water partition coefficient (Wildman–Crippen LogP) is 5.95. The summed E-state index contributed by atoms with van der Waals surface area (Å²) in [6.07, 6.45) is 1.59. The number of rotatable bonds is 9. The van der Waals surface area contributed by atoms with E-state index in [-0.39, 0.29) is 17.5 Å². The van der Waals surface area contributed by atoms with Crippen LogP contribution >= 0.6 is 11.6 Å². The number of benzene rings is 3. The average Bonchev–Trinajstić information content (AvgIpc) is 3.17. The molecule has 0 atom stereocenters.